The van der Waals surface area contributed by atoms with Crippen molar-refractivity contribution < 1.29 is 13.9 Å². The quantitative estimate of drug-likeness (QED) is 0.874. The molecule has 0 bridgehead atoms. The van der Waals surface area contributed by atoms with E-state index in [9.17, 15) is 9.18 Å². The summed E-state index contributed by atoms with van der Waals surface area (Å²) in [4.78, 5) is 11.3. The van der Waals surface area contributed by atoms with Crippen LogP contribution in [0.4, 0.5) is 20.6 Å². The Balaban J connectivity index is 1.89. The molecule has 2 N–H and O–H groups in total. The summed E-state index contributed by atoms with van der Waals surface area (Å²) in [5.41, 5.74) is 2.40. The number of amides is 1. The molecule has 5 heteroatoms. The van der Waals surface area contributed by atoms with Gasteiger partial charge in [0.1, 0.15) is 5.82 Å². The molecule has 0 unspecified atom stereocenters. The Bertz CT molecular complexity index is 599. The van der Waals surface area contributed by atoms with Gasteiger partial charge in [0.2, 0.25) is 0 Å². The molecular formula is C16H17FN2O2. The Morgan fingerprint density at radius 2 is 1.86 bits per heavy atom. The van der Waals surface area contributed by atoms with Crippen LogP contribution in [0.1, 0.15) is 12.5 Å². The Labute approximate surface area is 122 Å². The summed E-state index contributed by atoms with van der Waals surface area (Å²) in [5, 5.41) is 5.80. The van der Waals surface area contributed by atoms with Crippen molar-refractivity contribution in [3.05, 3.63) is 59.9 Å². The summed E-state index contributed by atoms with van der Waals surface area (Å²) in [6.45, 7) is 2.61. The summed E-state index contributed by atoms with van der Waals surface area (Å²) in [5.74, 6) is -0.247. The molecule has 0 aliphatic heterocycles. The fourth-order valence-corrected chi connectivity index (χ4v) is 1.81. The predicted molar refractivity (Wildman–Crippen MR) is 80.8 cm³/mol. The molecule has 2 aromatic rings. The van der Waals surface area contributed by atoms with E-state index in [4.69, 9.17) is 4.74 Å². The Morgan fingerprint density at radius 3 is 2.52 bits per heavy atom. The Hall–Kier alpha value is -2.56. The highest BCUT2D eigenvalue weighted by Gasteiger charge is 2.01. The molecule has 2 aromatic carbocycles. The van der Waals surface area contributed by atoms with Crippen LogP contribution in [0.3, 0.4) is 0 Å². The lowest BCUT2D eigenvalue weighted by Gasteiger charge is -2.09. The average molecular weight is 288 g/mol. The van der Waals surface area contributed by atoms with Gasteiger partial charge >= 0.3 is 6.09 Å². The van der Waals surface area contributed by atoms with Crippen molar-refractivity contribution in [2.45, 2.75) is 13.5 Å². The molecule has 0 saturated heterocycles. The highest BCUT2D eigenvalue weighted by atomic mass is 19.1. The molecule has 4 nitrogen and oxygen atoms in total. The van der Waals surface area contributed by atoms with E-state index in [0.29, 0.717) is 18.8 Å². The van der Waals surface area contributed by atoms with Crippen LogP contribution in [0, 0.1) is 5.82 Å². The van der Waals surface area contributed by atoms with E-state index < -0.39 is 6.09 Å². The van der Waals surface area contributed by atoms with Crippen LogP contribution in [0.2, 0.25) is 0 Å². The number of nitrogens with one attached hydrogen (secondary N) is 2. The maximum absolute atomic E-state index is 13.1. The van der Waals surface area contributed by atoms with Gasteiger partial charge in [-0.05, 0) is 48.9 Å². The molecule has 0 radical (unpaired) electrons. The third-order valence-corrected chi connectivity index (χ3v) is 2.79. The minimum atomic E-state index is -0.474. The van der Waals surface area contributed by atoms with Gasteiger partial charge in [0.15, 0.2) is 0 Å². The monoisotopic (exact) mass is 288 g/mol. The number of hydrogen-bond acceptors (Lipinski definition) is 3. The normalized spacial score (nSPS) is 10.0. The summed E-state index contributed by atoms with van der Waals surface area (Å²) in [6.07, 6.45) is -0.474. The van der Waals surface area contributed by atoms with Crippen molar-refractivity contribution in [2.75, 3.05) is 17.2 Å². The molecule has 0 saturated carbocycles. The van der Waals surface area contributed by atoms with Gasteiger partial charge in [0.05, 0.1) is 6.61 Å². The zero-order valence-corrected chi connectivity index (χ0v) is 11.7. The van der Waals surface area contributed by atoms with E-state index in [1.807, 2.05) is 18.2 Å². The van der Waals surface area contributed by atoms with E-state index >= 15 is 0 Å². The third kappa shape index (κ3) is 4.80. The van der Waals surface area contributed by atoms with Crippen LogP contribution in [0.15, 0.2) is 48.5 Å². The lowest BCUT2D eigenvalue weighted by atomic mass is 10.2. The maximum atomic E-state index is 13.1. The molecule has 0 fully saturated rings. The lowest BCUT2D eigenvalue weighted by molar-refractivity contribution is 0.168. The molecule has 0 aromatic heterocycles. The molecule has 0 heterocycles. The average Bonchev–Trinajstić information content (AvgIpc) is 2.47. The molecule has 0 aliphatic rings. The molecule has 0 atom stereocenters. The van der Waals surface area contributed by atoms with Crippen LogP contribution < -0.4 is 10.6 Å². The van der Waals surface area contributed by atoms with Crippen LogP contribution in [0.5, 0.6) is 0 Å². The largest absolute Gasteiger partial charge is 0.450 e. The molecule has 110 valence electrons. The molecular weight excluding hydrogens is 271 g/mol. The van der Waals surface area contributed by atoms with Crippen LogP contribution in [0.25, 0.3) is 0 Å². The summed E-state index contributed by atoms with van der Waals surface area (Å²) >= 11 is 0. The van der Waals surface area contributed by atoms with Gasteiger partial charge in [0, 0.05) is 17.9 Å². The van der Waals surface area contributed by atoms with Gasteiger partial charge in [-0.3, -0.25) is 5.32 Å². The topological polar surface area (TPSA) is 50.4 Å². The zero-order valence-electron chi connectivity index (χ0n) is 11.7. The first-order chi connectivity index (χ1) is 10.2. The van der Waals surface area contributed by atoms with Crippen molar-refractivity contribution in [1.82, 2.24) is 0 Å². The fraction of sp³-hybridized carbons (Fsp3) is 0.188. The number of halogens is 1. The van der Waals surface area contributed by atoms with E-state index in [1.54, 1.807) is 25.1 Å². The lowest BCUT2D eigenvalue weighted by Crippen LogP contribution is -2.13. The molecule has 2 rings (SSSR count). The summed E-state index contributed by atoms with van der Waals surface area (Å²) in [6, 6.07) is 13.6. The van der Waals surface area contributed by atoms with Gasteiger partial charge < -0.3 is 10.1 Å². The number of benzene rings is 2. The zero-order chi connectivity index (χ0) is 15.1. The molecule has 21 heavy (non-hydrogen) atoms. The third-order valence-electron chi connectivity index (χ3n) is 2.79. The van der Waals surface area contributed by atoms with Crippen LogP contribution in [-0.4, -0.2) is 12.7 Å². The number of carbonyl (C=O) groups excluding carboxylic acids is 1. The van der Waals surface area contributed by atoms with Crippen molar-refractivity contribution in [3.8, 4) is 0 Å². The fourth-order valence-electron chi connectivity index (χ4n) is 1.81. The molecule has 1 amide bonds. The highest BCUT2D eigenvalue weighted by molar-refractivity contribution is 5.84. The first kappa shape index (κ1) is 14.8. The van der Waals surface area contributed by atoms with Crippen molar-refractivity contribution in [2.24, 2.45) is 0 Å². The van der Waals surface area contributed by atoms with E-state index in [-0.39, 0.29) is 5.82 Å². The smallest absolute Gasteiger partial charge is 0.411 e. The van der Waals surface area contributed by atoms with Gasteiger partial charge in [-0.15, -0.1) is 0 Å². The van der Waals surface area contributed by atoms with Gasteiger partial charge in [-0.25, -0.2) is 9.18 Å². The Kier molecular flexibility index (Phi) is 5.15. The number of rotatable bonds is 5. The number of anilines is 2. The van der Waals surface area contributed by atoms with Crippen LogP contribution >= 0.6 is 0 Å². The minimum Gasteiger partial charge on any atom is -0.450 e. The van der Waals surface area contributed by atoms with E-state index in [2.05, 4.69) is 10.6 Å². The van der Waals surface area contributed by atoms with E-state index in [1.165, 1.54) is 12.1 Å². The second-order valence-electron chi connectivity index (χ2n) is 4.41. The van der Waals surface area contributed by atoms with Gasteiger partial charge in [-0.2, -0.15) is 0 Å². The number of hydrogen-bond donors (Lipinski definition) is 2. The standard InChI is InChI=1S/C16H17FN2O2/c1-2-21-16(20)19-15-8-6-14(7-9-15)18-11-12-4-3-5-13(17)10-12/h3-10,18H,2,11H2,1H3,(H,19,20). The van der Waals surface area contributed by atoms with Gasteiger partial charge in [-0.1, -0.05) is 12.1 Å². The number of ether oxygens (including phenoxy) is 1. The predicted octanol–water partition coefficient (Wildman–Crippen LogP) is 4.01. The second kappa shape index (κ2) is 7.28. The number of carbonyl (C=O) groups is 1. The minimum absolute atomic E-state index is 0.247. The van der Waals surface area contributed by atoms with Crippen molar-refractivity contribution >= 4 is 17.5 Å². The summed E-state index contributed by atoms with van der Waals surface area (Å²) < 4.78 is 17.8. The maximum Gasteiger partial charge on any atom is 0.411 e. The molecule has 0 spiro atoms. The van der Waals surface area contributed by atoms with Gasteiger partial charge in [0.25, 0.3) is 0 Å². The van der Waals surface area contributed by atoms with Crippen molar-refractivity contribution in [1.29, 1.82) is 0 Å². The van der Waals surface area contributed by atoms with E-state index in [0.717, 1.165) is 11.3 Å². The first-order valence-corrected chi connectivity index (χ1v) is 6.69. The first-order valence-electron chi connectivity index (χ1n) is 6.69. The van der Waals surface area contributed by atoms with Crippen LogP contribution in [-0.2, 0) is 11.3 Å². The SMILES string of the molecule is CCOC(=O)Nc1ccc(NCc2cccc(F)c2)cc1. The molecule has 0 aliphatic carbocycles. The highest BCUT2D eigenvalue weighted by Crippen LogP contribution is 2.15. The second-order valence-corrected chi connectivity index (χ2v) is 4.41. The van der Waals surface area contributed by atoms with Crippen molar-refractivity contribution in [3.63, 3.8) is 0 Å². The summed E-state index contributed by atoms with van der Waals surface area (Å²) in [7, 11) is 0. The Morgan fingerprint density at radius 1 is 1.14 bits per heavy atom.